The largest absolute Gasteiger partial charge is 0.256 e. The Morgan fingerprint density at radius 1 is 1.20 bits per heavy atom. The van der Waals surface area contributed by atoms with Crippen molar-refractivity contribution in [3.8, 4) is 11.3 Å². The molecule has 0 bridgehead atoms. The highest BCUT2D eigenvalue weighted by Crippen LogP contribution is 2.24. The first-order valence-electron chi connectivity index (χ1n) is 4.55. The Bertz CT molecular complexity index is 497. The highest BCUT2D eigenvalue weighted by Gasteiger charge is 2.06. The molecule has 0 atom stereocenters. The molecule has 2 rings (SSSR count). The van der Waals surface area contributed by atoms with Crippen molar-refractivity contribution in [1.82, 2.24) is 4.98 Å². The fourth-order valence-electron chi connectivity index (χ4n) is 1.38. The first-order chi connectivity index (χ1) is 7.16. The molecule has 1 aromatic heterocycles. The summed E-state index contributed by atoms with van der Waals surface area (Å²) in [5, 5.41) is 0. The Kier molecular flexibility index (Phi) is 2.82. The summed E-state index contributed by atoms with van der Waals surface area (Å²) >= 11 is 3.22. The van der Waals surface area contributed by atoms with Gasteiger partial charge in [0.15, 0.2) is 0 Å². The minimum Gasteiger partial charge on any atom is -0.256 e. The third kappa shape index (κ3) is 2.23. The minimum atomic E-state index is -0.262. The molecule has 3 heteroatoms. The van der Waals surface area contributed by atoms with Crippen molar-refractivity contribution in [2.45, 2.75) is 6.92 Å². The van der Waals surface area contributed by atoms with Crippen LogP contribution < -0.4 is 0 Å². The van der Waals surface area contributed by atoms with Crippen LogP contribution in [-0.2, 0) is 0 Å². The summed E-state index contributed by atoms with van der Waals surface area (Å²) in [6, 6.07) is 8.73. The maximum absolute atomic E-state index is 13.6. The monoisotopic (exact) mass is 265 g/mol. The smallest absolute Gasteiger partial charge is 0.133 e. The lowest BCUT2D eigenvalue weighted by atomic mass is 10.1. The second-order valence-electron chi connectivity index (χ2n) is 3.34. The SMILES string of the molecule is Cc1ccnc(-c2ccc(Br)cc2F)c1. The van der Waals surface area contributed by atoms with E-state index < -0.39 is 0 Å². The zero-order valence-electron chi connectivity index (χ0n) is 8.17. The molecule has 0 aliphatic carbocycles. The van der Waals surface area contributed by atoms with Gasteiger partial charge in [-0.05, 0) is 42.8 Å². The van der Waals surface area contributed by atoms with Gasteiger partial charge in [-0.2, -0.15) is 0 Å². The van der Waals surface area contributed by atoms with Crippen molar-refractivity contribution in [3.63, 3.8) is 0 Å². The highest BCUT2D eigenvalue weighted by atomic mass is 79.9. The van der Waals surface area contributed by atoms with Gasteiger partial charge in [0.2, 0.25) is 0 Å². The molecule has 0 unspecified atom stereocenters. The number of aromatic nitrogens is 1. The van der Waals surface area contributed by atoms with Crippen molar-refractivity contribution in [2.24, 2.45) is 0 Å². The summed E-state index contributed by atoms with van der Waals surface area (Å²) in [6.45, 7) is 1.96. The van der Waals surface area contributed by atoms with E-state index in [2.05, 4.69) is 20.9 Å². The van der Waals surface area contributed by atoms with Crippen molar-refractivity contribution in [2.75, 3.05) is 0 Å². The van der Waals surface area contributed by atoms with Crippen molar-refractivity contribution < 1.29 is 4.39 Å². The number of hydrogen-bond acceptors (Lipinski definition) is 1. The normalized spacial score (nSPS) is 10.3. The Hall–Kier alpha value is -1.22. The zero-order chi connectivity index (χ0) is 10.8. The maximum Gasteiger partial charge on any atom is 0.133 e. The fraction of sp³-hybridized carbons (Fsp3) is 0.0833. The number of benzene rings is 1. The molecule has 0 saturated heterocycles. The fourth-order valence-corrected chi connectivity index (χ4v) is 1.71. The van der Waals surface area contributed by atoms with Crippen LogP contribution in [0.3, 0.4) is 0 Å². The Morgan fingerprint density at radius 2 is 2.00 bits per heavy atom. The lowest BCUT2D eigenvalue weighted by molar-refractivity contribution is 0.630. The van der Waals surface area contributed by atoms with Gasteiger partial charge in [-0.25, -0.2) is 4.39 Å². The molecular weight excluding hydrogens is 257 g/mol. The van der Waals surface area contributed by atoms with Gasteiger partial charge < -0.3 is 0 Å². The van der Waals surface area contributed by atoms with Gasteiger partial charge in [0.05, 0.1) is 5.69 Å². The van der Waals surface area contributed by atoms with Crippen LogP contribution in [0.25, 0.3) is 11.3 Å². The molecule has 0 aliphatic rings. The standard InChI is InChI=1S/C12H9BrFN/c1-8-4-5-15-12(6-8)10-3-2-9(13)7-11(10)14/h2-7H,1H3. The lowest BCUT2D eigenvalue weighted by Gasteiger charge is -2.03. The second-order valence-corrected chi connectivity index (χ2v) is 4.26. The number of pyridine rings is 1. The van der Waals surface area contributed by atoms with E-state index in [1.165, 1.54) is 6.07 Å². The quantitative estimate of drug-likeness (QED) is 0.761. The van der Waals surface area contributed by atoms with E-state index in [9.17, 15) is 4.39 Å². The average Bonchev–Trinajstić information content (AvgIpc) is 2.17. The number of aryl methyl sites for hydroxylation is 1. The first kappa shape index (κ1) is 10.3. The predicted molar refractivity (Wildman–Crippen MR) is 62.1 cm³/mol. The van der Waals surface area contributed by atoms with Gasteiger partial charge >= 0.3 is 0 Å². The molecule has 1 heterocycles. The Balaban J connectivity index is 2.54. The molecule has 1 nitrogen and oxygen atoms in total. The van der Waals surface area contributed by atoms with E-state index in [1.54, 1.807) is 12.3 Å². The first-order valence-corrected chi connectivity index (χ1v) is 5.34. The number of hydrogen-bond donors (Lipinski definition) is 0. The second kappa shape index (κ2) is 4.11. The molecule has 0 N–H and O–H groups in total. The van der Waals surface area contributed by atoms with Crippen LogP contribution in [0.1, 0.15) is 5.56 Å². The molecule has 15 heavy (non-hydrogen) atoms. The molecule has 0 aliphatic heterocycles. The van der Waals surface area contributed by atoms with Crippen LogP contribution >= 0.6 is 15.9 Å². The number of halogens is 2. The predicted octanol–water partition coefficient (Wildman–Crippen LogP) is 3.96. The molecule has 76 valence electrons. The topological polar surface area (TPSA) is 12.9 Å². The van der Waals surface area contributed by atoms with Gasteiger partial charge in [0.25, 0.3) is 0 Å². The van der Waals surface area contributed by atoms with E-state index in [1.807, 2.05) is 25.1 Å². The van der Waals surface area contributed by atoms with Crippen molar-refractivity contribution in [1.29, 1.82) is 0 Å². The van der Waals surface area contributed by atoms with Crippen LogP contribution in [0.4, 0.5) is 4.39 Å². The number of rotatable bonds is 1. The van der Waals surface area contributed by atoms with Gasteiger partial charge in [-0.1, -0.05) is 15.9 Å². The molecular formula is C12H9BrFN. The molecule has 0 fully saturated rings. The van der Waals surface area contributed by atoms with Crippen LogP contribution in [-0.4, -0.2) is 4.98 Å². The van der Waals surface area contributed by atoms with E-state index in [-0.39, 0.29) is 5.82 Å². The molecule has 0 saturated carbocycles. The summed E-state index contributed by atoms with van der Waals surface area (Å²) < 4.78 is 14.3. The van der Waals surface area contributed by atoms with Crippen molar-refractivity contribution in [3.05, 3.63) is 52.4 Å². The summed E-state index contributed by atoms with van der Waals surface area (Å²) in [6.07, 6.45) is 1.69. The maximum atomic E-state index is 13.6. The van der Waals surface area contributed by atoms with Crippen LogP contribution in [0.15, 0.2) is 41.0 Å². The third-order valence-corrected chi connectivity index (χ3v) is 2.62. The summed E-state index contributed by atoms with van der Waals surface area (Å²) in [4.78, 5) is 4.15. The number of nitrogens with zero attached hydrogens (tertiary/aromatic N) is 1. The van der Waals surface area contributed by atoms with Gasteiger partial charge in [-0.3, -0.25) is 4.98 Å². The van der Waals surface area contributed by atoms with Crippen LogP contribution in [0.2, 0.25) is 0 Å². The molecule has 2 aromatic rings. The lowest BCUT2D eigenvalue weighted by Crippen LogP contribution is -1.88. The summed E-state index contributed by atoms with van der Waals surface area (Å²) in [5.74, 6) is -0.262. The van der Waals surface area contributed by atoms with Crippen LogP contribution in [0.5, 0.6) is 0 Å². The van der Waals surface area contributed by atoms with E-state index in [0.29, 0.717) is 11.3 Å². The molecule has 0 amide bonds. The van der Waals surface area contributed by atoms with E-state index in [0.717, 1.165) is 10.0 Å². The van der Waals surface area contributed by atoms with Gasteiger partial charge in [-0.15, -0.1) is 0 Å². The van der Waals surface area contributed by atoms with Gasteiger partial charge in [0.1, 0.15) is 5.82 Å². The Morgan fingerprint density at radius 3 is 2.67 bits per heavy atom. The molecule has 1 aromatic carbocycles. The third-order valence-electron chi connectivity index (χ3n) is 2.12. The minimum absolute atomic E-state index is 0.262. The molecule has 0 spiro atoms. The summed E-state index contributed by atoms with van der Waals surface area (Å²) in [5.41, 5.74) is 2.27. The van der Waals surface area contributed by atoms with Crippen molar-refractivity contribution >= 4 is 15.9 Å². The molecule has 0 radical (unpaired) electrons. The van der Waals surface area contributed by atoms with Crippen LogP contribution in [0, 0.1) is 12.7 Å². The summed E-state index contributed by atoms with van der Waals surface area (Å²) in [7, 11) is 0. The van der Waals surface area contributed by atoms with Gasteiger partial charge in [0, 0.05) is 16.2 Å². The van der Waals surface area contributed by atoms with E-state index in [4.69, 9.17) is 0 Å². The Labute approximate surface area is 96.1 Å². The zero-order valence-corrected chi connectivity index (χ0v) is 9.75. The van der Waals surface area contributed by atoms with E-state index >= 15 is 0 Å². The average molecular weight is 266 g/mol. The highest BCUT2D eigenvalue weighted by molar-refractivity contribution is 9.10.